The molecule has 0 saturated carbocycles. The predicted octanol–water partition coefficient (Wildman–Crippen LogP) is -0.184. The normalized spacial score (nSPS) is 17.2. The Hall–Kier alpha value is -0.240. The van der Waals surface area contributed by atoms with E-state index in [1.807, 2.05) is 0 Å². The molecule has 0 aromatic heterocycles. The van der Waals surface area contributed by atoms with E-state index in [1.54, 1.807) is 0 Å². The first-order valence-electron chi connectivity index (χ1n) is 6.41. The first kappa shape index (κ1) is 17.8. The van der Waals surface area contributed by atoms with Gasteiger partial charge in [0.2, 0.25) is 0 Å². The summed E-state index contributed by atoms with van der Waals surface area (Å²) in [7, 11) is 0. The van der Waals surface area contributed by atoms with Crippen LogP contribution >= 0.6 is 0 Å². The summed E-state index contributed by atoms with van der Waals surface area (Å²) in [6.07, 6.45) is 1.54. The van der Waals surface area contributed by atoms with Crippen LogP contribution in [0.25, 0.3) is 0 Å². The lowest BCUT2D eigenvalue weighted by atomic mass is 10.5. The number of hydrogen-bond donors (Lipinski definition) is 2. The van der Waals surface area contributed by atoms with Gasteiger partial charge >= 0.3 is 0 Å². The van der Waals surface area contributed by atoms with E-state index in [4.69, 9.17) is 29.2 Å². The van der Waals surface area contributed by atoms with Crippen LogP contribution in [0.5, 0.6) is 0 Å². The van der Waals surface area contributed by atoms with Crippen LogP contribution in [0.3, 0.4) is 0 Å². The molecular formula is C12H26O6. The Bertz CT molecular complexity index is 144. The van der Waals surface area contributed by atoms with E-state index in [0.717, 1.165) is 26.2 Å². The van der Waals surface area contributed by atoms with Gasteiger partial charge in [-0.05, 0) is 6.42 Å². The Morgan fingerprint density at radius 3 is 1.89 bits per heavy atom. The SMILES string of the molecule is CCCOCC1CO1.OCCOCCOCCO. The number of epoxide rings is 1. The van der Waals surface area contributed by atoms with Crippen LogP contribution in [0.4, 0.5) is 0 Å². The molecule has 1 atom stereocenters. The molecule has 0 aliphatic carbocycles. The molecule has 0 radical (unpaired) electrons. The van der Waals surface area contributed by atoms with Crippen molar-refractivity contribution in [3.05, 3.63) is 0 Å². The van der Waals surface area contributed by atoms with E-state index >= 15 is 0 Å². The molecule has 0 spiro atoms. The van der Waals surface area contributed by atoms with Crippen LogP contribution < -0.4 is 0 Å². The van der Waals surface area contributed by atoms with Crippen LogP contribution in [0, 0.1) is 0 Å². The smallest absolute Gasteiger partial charge is 0.104 e. The highest BCUT2D eigenvalue weighted by atomic mass is 16.6. The molecular weight excluding hydrogens is 240 g/mol. The fraction of sp³-hybridized carbons (Fsp3) is 1.00. The van der Waals surface area contributed by atoms with Gasteiger partial charge in [0.1, 0.15) is 6.10 Å². The van der Waals surface area contributed by atoms with Crippen molar-refractivity contribution in [3.63, 3.8) is 0 Å². The number of aliphatic hydroxyl groups is 2. The second kappa shape index (κ2) is 14.8. The molecule has 1 saturated heterocycles. The summed E-state index contributed by atoms with van der Waals surface area (Å²) in [5.74, 6) is 0. The molecule has 1 unspecified atom stereocenters. The lowest BCUT2D eigenvalue weighted by Crippen LogP contribution is -2.09. The van der Waals surface area contributed by atoms with Crippen molar-refractivity contribution in [1.82, 2.24) is 0 Å². The summed E-state index contributed by atoms with van der Waals surface area (Å²) in [5, 5.41) is 16.5. The number of hydrogen-bond acceptors (Lipinski definition) is 6. The summed E-state index contributed by atoms with van der Waals surface area (Å²) >= 11 is 0. The standard InChI is InChI=1S/C6H14O4.C6H12O2/c7-1-3-9-5-6-10-4-2-8;1-2-3-7-4-6-5-8-6/h7-8H,1-6H2;6H,2-5H2,1H3. The van der Waals surface area contributed by atoms with Gasteiger partial charge in [0.25, 0.3) is 0 Å². The van der Waals surface area contributed by atoms with Gasteiger partial charge in [0, 0.05) is 6.61 Å². The first-order valence-corrected chi connectivity index (χ1v) is 6.41. The Balaban J connectivity index is 0.000000327. The molecule has 0 bridgehead atoms. The predicted molar refractivity (Wildman–Crippen MR) is 66.7 cm³/mol. The van der Waals surface area contributed by atoms with Gasteiger partial charge in [-0.1, -0.05) is 6.92 Å². The topological polar surface area (TPSA) is 80.7 Å². The molecule has 0 aromatic carbocycles. The van der Waals surface area contributed by atoms with E-state index < -0.39 is 0 Å². The van der Waals surface area contributed by atoms with E-state index in [2.05, 4.69) is 6.92 Å². The molecule has 1 aliphatic rings. The van der Waals surface area contributed by atoms with E-state index in [9.17, 15) is 0 Å². The van der Waals surface area contributed by atoms with E-state index in [1.165, 1.54) is 0 Å². The first-order chi connectivity index (χ1) is 8.85. The van der Waals surface area contributed by atoms with Crippen LogP contribution in [-0.4, -0.2) is 75.8 Å². The van der Waals surface area contributed by atoms with E-state index in [0.29, 0.717) is 32.5 Å². The third-order valence-corrected chi connectivity index (χ3v) is 1.90. The van der Waals surface area contributed by atoms with Crippen molar-refractivity contribution in [3.8, 4) is 0 Å². The molecule has 1 heterocycles. The number of ether oxygens (including phenoxy) is 4. The molecule has 6 nitrogen and oxygen atoms in total. The quantitative estimate of drug-likeness (QED) is 0.399. The molecule has 0 aromatic rings. The van der Waals surface area contributed by atoms with Crippen molar-refractivity contribution in [2.45, 2.75) is 19.4 Å². The van der Waals surface area contributed by atoms with Crippen LogP contribution in [0.1, 0.15) is 13.3 Å². The Morgan fingerprint density at radius 2 is 1.50 bits per heavy atom. The largest absolute Gasteiger partial charge is 0.394 e. The summed E-state index contributed by atoms with van der Waals surface area (Å²) < 4.78 is 19.9. The average Bonchev–Trinajstić information content (AvgIpc) is 3.19. The summed E-state index contributed by atoms with van der Waals surface area (Å²) in [5.41, 5.74) is 0. The zero-order chi connectivity index (χ0) is 13.5. The second-order valence-electron chi connectivity index (χ2n) is 3.70. The van der Waals surface area contributed by atoms with Crippen molar-refractivity contribution < 1.29 is 29.2 Å². The number of rotatable bonds is 11. The Labute approximate surface area is 109 Å². The lowest BCUT2D eigenvalue weighted by Gasteiger charge is -2.01. The van der Waals surface area contributed by atoms with Gasteiger partial charge < -0.3 is 29.2 Å². The van der Waals surface area contributed by atoms with Crippen molar-refractivity contribution in [1.29, 1.82) is 0 Å². The zero-order valence-electron chi connectivity index (χ0n) is 11.2. The second-order valence-corrected chi connectivity index (χ2v) is 3.70. The zero-order valence-corrected chi connectivity index (χ0v) is 11.2. The highest BCUT2D eigenvalue weighted by Crippen LogP contribution is 2.08. The maximum absolute atomic E-state index is 8.26. The van der Waals surface area contributed by atoms with Crippen LogP contribution in [-0.2, 0) is 18.9 Å². The minimum Gasteiger partial charge on any atom is -0.394 e. The highest BCUT2D eigenvalue weighted by Gasteiger charge is 2.21. The van der Waals surface area contributed by atoms with E-state index in [-0.39, 0.29) is 13.2 Å². The molecule has 18 heavy (non-hydrogen) atoms. The molecule has 1 fully saturated rings. The Kier molecular flexibility index (Phi) is 14.6. The average molecular weight is 266 g/mol. The van der Waals surface area contributed by atoms with Gasteiger partial charge in [-0.25, -0.2) is 0 Å². The van der Waals surface area contributed by atoms with Crippen molar-refractivity contribution in [2.75, 3.05) is 59.5 Å². The van der Waals surface area contributed by atoms with Gasteiger partial charge in [-0.2, -0.15) is 0 Å². The summed E-state index contributed by atoms with van der Waals surface area (Å²) in [6.45, 7) is 6.41. The number of aliphatic hydroxyl groups excluding tert-OH is 2. The highest BCUT2D eigenvalue weighted by molar-refractivity contribution is 4.66. The van der Waals surface area contributed by atoms with Gasteiger partial charge in [-0.3, -0.25) is 0 Å². The summed E-state index contributed by atoms with van der Waals surface area (Å²) in [6, 6.07) is 0. The van der Waals surface area contributed by atoms with Crippen LogP contribution in [0.15, 0.2) is 0 Å². The van der Waals surface area contributed by atoms with Crippen LogP contribution in [0.2, 0.25) is 0 Å². The van der Waals surface area contributed by atoms with Gasteiger partial charge in [-0.15, -0.1) is 0 Å². The minimum absolute atomic E-state index is 0.0417. The van der Waals surface area contributed by atoms with Crippen molar-refractivity contribution in [2.24, 2.45) is 0 Å². The Morgan fingerprint density at radius 1 is 0.944 bits per heavy atom. The van der Waals surface area contributed by atoms with Gasteiger partial charge in [0.15, 0.2) is 0 Å². The molecule has 110 valence electrons. The maximum atomic E-state index is 8.26. The third kappa shape index (κ3) is 15.8. The molecule has 6 heteroatoms. The lowest BCUT2D eigenvalue weighted by molar-refractivity contribution is 0.0222. The maximum Gasteiger partial charge on any atom is 0.104 e. The molecule has 1 rings (SSSR count). The molecule has 2 N–H and O–H groups in total. The fourth-order valence-corrected chi connectivity index (χ4v) is 0.974. The van der Waals surface area contributed by atoms with Gasteiger partial charge in [0.05, 0.1) is 52.9 Å². The monoisotopic (exact) mass is 266 g/mol. The summed E-state index contributed by atoms with van der Waals surface area (Å²) in [4.78, 5) is 0. The molecule has 0 amide bonds. The fourth-order valence-electron chi connectivity index (χ4n) is 0.974. The molecule has 1 aliphatic heterocycles. The minimum atomic E-state index is 0.0417. The third-order valence-electron chi connectivity index (χ3n) is 1.90. The van der Waals surface area contributed by atoms with Crippen molar-refractivity contribution >= 4 is 0 Å².